The van der Waals surface area contributed by atoms with Crippen molar-refractivity contribution < 1.29 is 4.74 Å². The SMILES string of the molecule is CNCc1ccc(OCC2(CC#N)CC2)cn1. The molecule has 4 nitrogen and oxygen atoms in total. The number of hydrogen-bond donors (Lipinski definition) is 1. The van der Waals surface area contributed by atoms with Crippen LogP contribution in [0, 0.1) is 16.7 Å². The van der Waals surface area contributed by atoms with Crippen molar-refractivity contribution in [3.63, 3.8) is 0 Å². The normalized spacial score (nSPS) is 16.2. The van der Waals surface area contributed by atoms with Gasteiger partial charge in [-0.2, -0.15) is 5.26 Å². The van der Waals surface area contributed by atoms with Crippen LogP contribution >= 0.6 is 0 Å². The molecule has 0 radical (unpaired) electrons. The van der Waals surface area contributed by atoms with E-state index in [2.05, 4.69) is 16.4 Å². The molecule has 0 aromatic carbocycles. The Balaban J connectivity index is 1.85. The van der Waals surface area contributed by atoms with E-state index < -0.39 is 0 Å². The predicted molar refractivity (Wildman–Crippen MR) is 64.4 cm³/mol. The van der Waals surface area contributed by atoms with Gasteiger partial charge < -0.3 is 10.1 Å². The highest BCUT2D eigenvalue weighted by molar-refractivity contribution is 5.20. The van der Waals surface area contributed by atoms with Crippen molar-refractivity contribution in [3.8, 4) is 11.8 Å². The number of nitriles is 1. The van der Waals surface area contributed by atoms with Crippen molar-refractivity contribution in [1.82, 2.24) is 10.3 Å². The van der Waals surface area contributed by atoms with Crippen LogP contribution in [0.5, 0.6) is 5.75 Å². The average Bonchev–Trinajstić information content (AvgIpc) is 3.10. The molecule has 1 aliphatic carbocycles. The van der Waals surface area contributed by atoms with Gasteiger partial charge in [0.1, 0.15) is 5.75 Å². The molecule has 17 heavy (non-hydrogen) atoms. The van der Waals surface area contributed by atoms with Gasteiger partial charge in [0.05, 0.1) is 24.6 Å². The van der Waals surface area contributed by atoms with E-state index in [0.29, 0.717) is 13.0 Å². The van der Waals surface area contributed by atoms with Gasteiger partial charge in [-0.3, -0.25) is 4.98 Å². The Labute approximate surface area is 102 Å². The van der Waals surface area contributed by atoms with Gasteiger partial charge in [0, 0.05) is 18.4 Å². The number of nitrogens with zero attached hydrogens (tertiary/aromatic N) is 2. The third-order valence-corrected chi connectivity index (χ3v) is 3.11. The molecule has 1 aromatic rings. The fraction of sp³-hybridized carbons (Fsp3) is 0.538. The molecule has 2 rings (SSSR count). The minimum Gasteiger partial charge on any atom is -0.491 e. The molecule has 90 valence electrons. The lowest BCUT2D eigenvalue weighted by Crippen LogP contribution is -2.12. The van der Waals surface area contributed by atoms with Gasteiger partial charge in [0.15, 0.2) is 0 Å². The van der Waals surface area contributed by atoms with Crippen LogP contribution in [0.25, 0.3) is 0 Å². The summed E-state index contributed by atoms with van der Waals surface area (Å²) in [6, 6.07) is 6.12. The van der Waals surface area contributed by atoms with E-state index >= 15 is 0 Å². The Morgan fingerprint density at radius 2 is 2.35 bits per heavy atom. The number of nitrogens with one attached hydrogen (secondary N) is 1. The first-order valence-electron chi connectivity index (χ1n) is 5.87. The molecule has 1 N–H and O–H groups in total. The van der Waals surface area contributed by atoms with Gasteiger partial charge in [-0.25, -0.2) is 0 Å². The molecule has 0 aliphatic heterocycles. The summed E-state index contributed by atoms with van der Waals surface area (Å²) < 4.78 is 5.68. The van der Waals surface area contributed by atoms with E-state index in [-0.39, 0.29) is 5.41 Å². The van der Waals surface area contributed by atoms with Crippen molar-refractivity contribution in [1.29, 1.82) is 5.26 Å². The van der Waals surface area contributed by atoms with Gasteiger partial charge in [0.2, 0.25) is 0 Å². The number of hydrogen-bond acceptors (Lipinski definition) is 4. The summed E-state index contributed by atoms with van der Waals surface area (Å²) in [5, 5.41) is 11.8. The molecule has 0 spiro atoms. The summed E-state index contributed by atoms with van der Waals surface area (Å²) >= 11 is 0. The largest absolute Gasteiger partial charge is 0.491 e. The molecule has 1 saturated carbocycles. The van der Waals surface area contributed by atoms with Gasteiger partial charge in [-0.05, 0) is 32.0 Å². The van der Waals surface area contributed by atoms with Gasteiger partial charge in [0.25, 0.3) is 0 Å². The Morgan fingerprint density at radius 1 is 1.53 bits per heavy atom. The van der Waals surface area contributed by atoms with E-state index in [1.165, 1.54) is 0 Å². The van der Waals surface area contributed by atoms with E-state index in [9.17, 15) is 0 Å². The lowest BCUT2D eigenvalue weighted by molar-refractivity contribution is 0.236. The Morgan fingerprint density at radius 3 is 2.88 bits per heavy atom. The minimum atomic E-state index is 0.123. The lowest BCUT2D eigenvalue weighted by atomic mass is 10.1. The molecule has 1 fully saturated rings. The standard InChI is InChI=1S/C13H17N3O/c1-15-8-11-2-3-12(9-16-11)17-10-13(4-5-13)6-7-14/h2-3,9,15H,4-6,8,10H2,1H3. The zero-order chi connectivity index (χ0) is 12.1. The summed E-state index contributed by atoms with van der Waals surface area (Å²) in [6.07, 6.45) is 4.55. The Bertz CT molecular complexity index is 404. The topological polar surface area (TPSA) is 57.9 Å². The molecular weight excluding hydrogens is 214 g/mol. The van der Waals surface area contributed by atoms with Gasteiger partial charge >= 0.3 is 0 Å². The molecule has 0 saturated heterocycles. The Kier molecular flexibility index (Phi) is 3.60. The van der Waals surface area contributed by atoms with Crippen molar-refractivity contribution in [2.24, 2.45) is 5.41 Å². The van der Waals surface area contributed by atoms with E-state index in [4.69, 9.17) is 10.00 Å². The summed E-state index contributed by atoms with van der Waals surface area (Å²) in [5.41, 5.74) is 1.12. The van der Waals surface area contributed by atoms with Crippen LogP contribution in [-0.4, -0.2) is 18.6 Å². The fourth-order valence-electron chi connectivity index (χ4n) is 1.74. The van der Waals surface area contributed by atoms with E-state index in [1.807, 2.05) is 19.2 Å². The van der Waals surface area contributed by atoms with Gasteiger partial charge in [-0.1, -0.05) is 0 Å². The maximum atomic E-state index is 8.71. The molecular formula is C13H17N3O. The number of rotatable bonds is 6. The van der Waals surface area contributed by atoms with Crippen LogP contribution in [0.2, 0.25) is 0 Å². The minimum absolute atomic E-state index is 0.123. The summed E-state index contributed by atoms with van der Waals surface area (Å²) in [6.45, 7) is 1.40. The monoisotopic (exact) mass is 231 g/mol. The molecule has 0 atom stereocenters. The van der Waals surface area contributed by atoms with Crippen molar-refractivity contribution >= 4 is 0 Å². The Hall–Kier alpha value is -1.60. The highest BCUT2D eigenvalue weighted by atomic mass is 16.5. The van der Waals surface area contributed by atoms with Crippen molar-refractivity contribution in [2.45, 2.75) is 25.8 Å². The molecule has 1 heterocycles. The summed E-state index contributed by atoms with van der Waals surface area (Å²) in [5.74, 6) is 0.786. The zero-order valence-corrected chi connectivity index (χ0v) is 10.1. The van der Waals surface area contributed by atoms with E-state index in [0.717, 1.165) is 30.8 Å². The molecule has 1 aromatic heterocycles. The first-order chi connectivity index (χ1) is 8.28. The number of ether oxygens (including phenoxy) is 1. The number of pyridine rings is 1. The molecule has 0 amide bonds. The van der Waals surface area contributed by atoms with Crippen LogP contribution in [0.3, 0.4) is 0 Å². The number of aromatic nitrogens is 1. The summed E-state index contributed by atoms with van der Waals surface area (Å²) in [4.78, 5) is 4.28. The molecule has 4 heteroatoms. The maximum Gasteiger partial charge on any atom is 0.137 e. The van der Waals surface area contributed by atoms with Crippen LogP contribution in [0.4, 0.5) is 0 Å². The highest BCUT2D eigenvalue weighted by Crippen LogP contribution is 2.48. The second-order valence-electron chi connectivity index (χ2n) is 4.64. The van der Waals surface area contributed by atoms with Gasteiger partial charge in [-0.15, -0.1) is 0 Å². The zero-order valence-electron chi connectivity index (χ0n) is 10.1. The second kappa shape index (κ2) is 5.15. The quantitative estimate of drug-likeness (QED) is 0.812. The third-order valence-electron chi connectivity index (χ3n) is 3.11. The second-order valence-corrected chi connectivity index (χ2v) is 4.64. The predicted octanol–water partition coefficient (Wildman–Crippen LogP) is 1.87. The van der Waals surface area contributed by atoms with Crippen LogP contribution in [-0.2, 0) is 6.54 Å². The average molecular weight is 231 g/mol. The van der Waals surface area contributed by atoms with Crippen LogP contribution in [0.1, 0.15) is 25.0 Å². The summed E-state index contributed by atoms with van der Waals surface area (Å²) in [7, 11) is 1.89. The van der Waals surface area contributed by atoms with Crippen molar-refractivity contribution in [3.05, 3.63) is 24.0 Å². The van der Waals surface area contributed by atoms with Crippen LogP contribution in [0.15, 0.2) is 18.3 Å². The first kappa shape index (κ1) is 11.9. The van der Waals surface area contributed by atoms with Crippen molar-refractivity contribution in [2.75, 3.05) is 13.7 Å². The smallest absolute Gasteiger partial charge is 0.137 e. The first-order valence-corrected chi connectivity index (χ1v) is 5.87. The molecule has 0 bridgehead atoms. The molecule has 1 aliphatic rings. The maximum absolute atomic E-state index is 8.71. The highest BCUT2D eigenvalue weighted by Gasteiger charge is 2.43. The fourth-order valence-corrected chi connectivity index (χ4v) is 1.74. The van der Waals surface area contributed by atoms with E-state index in [1.54, 1.807) is 6.20 Å². The molecule has 0 unspecified atom stereocenters. The van der Waals surface area contributed by atoms with Crippen LogP contribution < -0.4 is 10.1 Å². The third kappa shape index (κ3) is 3.18. The lowest BCUT2D eigenvalue weighted by Gasteiger charge is -2.12.